The number of hydrogen-bond acceptors (Lipinski definition) is 5. The smallest absolute Gasteiger partial charge is 0.141 e. The molecule has 0 aromatic carbocycles. The minimum Gasteiger partial charge on any atom is -0.381 e. The van der Waals surface area contributed by atoms with Gasteiger partial charge in [-0.25, -0.2) is 10.8 Å². The van der Waals surface area contributed by atoms with Crippen LogP contribution in [-0.2, 0) is 0 Å². The average molecular weight is 210 g/mol. The fourth-order valence-corrected chi connectivity index (χ4v) is 2.64. The van der Waals surface area contributed by atoms with Gasteiger partial charge in [-0.05, 0) is 18.2 Å². The predicted octanol–water partition coefficient (Wildman–Crippen LogP) is 1.28. The third-order valence-electron chi connectivity index (χ3n) is 2.21. The van der Waals surface area contributed by atoms with Crippen LogP contribution in [0.2, 0.25) is 0 Å². The van der Waals surface area contributed by atoms with Gasteiger partial charge >= 0.3 is 0 Å². The Morgan fingerprint density at radius 1 is 1.57 bits per heavy atom. The molecule has 5 heteroatoms. The van der Waals surface area contributed by atoms with Crippen LogP contribution in [0.4, 0.5) is 11.5 Å². The second-order valence-electron chi connectivity index (χ2n) is 3.28. The van der Waals surface area contributed by atoms with Gasteiger partial charge in [-0.1, -0.05) is 0 Å². The maximum atomic E-state index is 5.28. The Balaban J connectivity index is 2.00. The summed E-state index contributed by atoms with van der Waals surface area (Å²) in [5.74, 6) is 8.42. The molecular weight excluding hydrogens is 196 g/mol. The molecule has 0 amide bonds. The molecule has 1 aromatic rings. The van der Waals surface area contributed by atoms with Gasteiger partial charge < -0.3 is 10.7 Å². The largest absolute Gasteiger partial charge is 0.381 e. The van der Waals surface area contributed by atoms with Gasteiger partial charge in [-0.3, -0.25) is 0 Å². The Bertz CT molecular complexity index is 299. The first-order valence-electron chi connectivity index (χ1n) is 4.65. The molecule has 0 radical (unpaired) electrons. The second-order valence-corrected chi connectivity index (χ2v) is 4.43. The lowest BCUT2D eigenvalue weighted by molar-refractivity contribution is 0.813. The molecule has 0 aliphatic carbocycles. The van der Waals surface area contributed by atoms with Crippen LogP contribution in [-0.4, -0.2) is 22.5 Å². The van der Waals surface area contributed by atoms with Crippen molar-refractivity contribution in [1.29, 1.82) is 0 Å². The summed E-state index contributed by atoms with van der Waals surface area (Å²) in [5.41, 5.74) is 3.62. The second kappa shape index (κ2) is 4.52. The first-order chi connectivity index (χ1) is 6.88. The van der Waals surface area contributed by atoms with Crippen LogP contribution < -0.4 is 16.6 Å². The molecule has 1 aliphatic heterocycles. The van der Waals surface area contributed by atoms with Crippen molar-refractivity contribution in [1.82, 2.24) is 4.98 Å². The molecule has 1 aliphatic rings. The SMILES string of the molecule is NNc1cc(NC2CCSC2)ccn1. The molecule has 4 nitrogen and oxygen atoms in total. The first-order valence-corrected chi connectivity index (χ1v) is 5.81. The van der Waals surface area contributed by atoms with Crippen LogP contribution in [0.5, 0.6) is 0 Å². The molecule has 1 aromatic heterocycles. The summed E-state index contributed by atoms with van der Waals surface area (Å²) in [6.45, 7) is 0. The van der Waals surface area contributed by atoms with Gasteiger partial charge in [0.25, 0.3) is 0 Å². The number of nitrogens with two attached hydrogens (primary N) is 1. The van der Waals surface area contributed by atoms with Crippen LogP contribution in [0.15, 0.2) is 18.3 Å². The highest BCUT2D eigenvalue weighted by Gasteiger charge is 2.14. The van der Waals surface area contributed by atoms with Crippen LogP contribution in [0.1, 0.15) is 6.42 Å². The average Bonchev–Trinajstić information content (AvgIpc) is 2.71. The van der Waals surface area contributed by atoms with Crippen LogP contribution in [0.3, 0.4) is 0 Å². The monoisotopic (exact) mass is 210 g/mol. The van der Waals surface area contributed by atoms with Crippen molar-refractivity contribution >= 4 is 23.3 Å². The van der Waals surface area contributed by atoms with Crippen molar-refractivity contribution in [3.8, 4) is 0 Å². The highest BCUT2D eigenvalue weighted by molar-refractivity contribution is 7.99. The van der Waals surface area contributed by atoms with Crippen LogP contribution >= 0.6 is 11.8 Å². The Labute approximate surface area is 87.6 Å². The van der Waals surface area contributed by atoms with E-state index in [1.54, 1.807) is 6.20 Å². The minimum atomic E-state index is 0.591. The van der Waals surface area contributed by atoms with Gasteiger partial charge in [-0.15, -0.1) is 0 Å². The molecule has 1 unspecified atom stereocenters. The molecule has 1 fully saturated rings. The molecule has 1 atom stereocenters. The van der Waals surface area contributed by atoms with Gasteiger partial charge in [0, 0.05) is 29.7 Å². The highest BCUT2D eigenvalue weighted by atomic mass is 32.2. The number of aromatic nitrogens is 1. The topological polar surface area (TPSA) is 63.0 Å². The quantitative estimate of drug-likeness (QED) is 0.518. The molecule has 0 saturated carbocycles. The first kappa shape index (κ1) is 9.61. The van der Waals surface area contributed by atoms with E-state index in [4.69, 9.17) is 5.84 Å². The summed E-state index contributed by atoms with van der Waals surface area (Å²) in [6, 6.07) is 4.47. The summed E-state index contributed by atoms with van der Waals surface area (Å²) in [4.78, 5) is 4.05. The fourth-order valence-electron chi connectivity index (χ4n) is 1.48. The zero-order chi connectivity index (χ0) is 9.80. The van der Waals surface area contributed by atoms with Crippen molar-refractivity contribution in [2.75, 3.05) is 22.2 Å². The number of rotatable bonds is 3. The maximum absolute atomic E-state index is 5.28. The lowest BCUT2D eigenvalue weighted by Gasteiger charge is -2.13. The van der Waals surface area contributed by atoms with Crippen molar-refractivity contribution in [2.45, 2.75) is 12.5 Å². The zero-order valence-corrected chi connectivity index (χ0v) is 8.68. The van der Waals surface area contributed by atoms with E-state index in [0.717, 1.165) is 5.69 Å². The van der Waals surface area contributed by atoms with Gasteiger partial charge in [0.05, 0.1) is 0 Å². The molecule has 1 saturated heterocycles. The van der Waals surface area contributed by atoms with E-state index in [2.05, 4.69) is 15.7 Å². The van der Waals surface area contributed by atoms with Gasteiger partial charge in [-0.2, -0.15) is 11.8 Å². The summed E-state index contributed by atoms with van der Waals surface area (Å²) >= 11 is 1.99. The summed E-state index contributed by atoms with van der Waals surface area (Å²) in [7, 11) is 0. The molecule has 76 valence electrons. The lowest BCUT2D eigenvalue weighted by Crippen LogP contribution is -2.18. The summed E-state index contributed by atoms with van der Waals surface area (Å²) in [6.07, 6.45) is 2.98. The van der Waals surface area contributed by atoms with E-state index in [1.165, 1.54) is 17.9 Å². The molecular formula is C9H14N4S. The standard InChI is InChI=1S/C9H14N4S/c10-13-9-5-7(1-3-11-9)12-8-2-4-14-6-8/h1,3,5,8H,2,4,6,10H2,(H2,11,12,13). The zero-order valence-electron chi connectivity index (χ0n) is 7.86. The van der Waals surface area contributed by atoms with Crippen molar-refractivity contribution in [2.24, 2.45) is 5.84 Å². The Morgan fingerprint density at radius 2 is 2.50 bits per heavy atom. The molecule has 4 N–H and O–H groups in total. The molecule has 14 heavy (non-hydrogen) atoms. The number of nitrogens with one attached hydrogen (secondary N) is 2. The van der Waals surface area contributed by atoms with Crippen LogP contribution in [0.25, 0.3) is 0 Å². The Hall–Kier alpha value is -0.940. The minimum absolute atomic E-state index is 0.591. The number of nitrogens with zero attached hydrogens (tertiary/aromatic N) is 1. The van der Waals surface area contributed by atoms with Gasteiger partial charge in [0.1, 0.15) is 5.82 Å². The predicted molar refractivity (Wildman–Crippen MR) is 61.4 cm³/mol. The number of thioether (sulfide) groups is 1. The normalized spacial score (nSPS) is 20.8. The van der Waals surface area contributed by atoms with Crippen molar-refractivity contribution in [3.05, 3.63) is 18.3 Å². The van der Waals surface area contributed by atoms with E-state index in [-0.39, 0.29) is 0 Å². The van der Waals surface area contributed by atoms with E-state index < -0.39 is 0 Å². The van der Waals surface area contributed by atoms with Gasteiger partial charge in [0.2, 0.25) is 0 Å². The fraction of sp³-hybridized carbons (Fsp3) is 0.444. The van der Waals surface area contributed by atoms with E-state index in [0.29, 0.717) is 11.9 Å². The Kier molecular flexibility index (Phi) is 3.10. The number of hydrogen-bond donors (Lipinski definition) is 3. The number of hydrazine groups is 1. The summed E-state index contributed by atoms with van der Waals surface area (Å²) < 4.78 is 0. The summed E-state index contributed by atoms with van der Waals surface area (Å²) in [5, 5.41) is 3.46. The Morgan fingerprint density at radius 3 is 3.21 bits per heavy atom. The van der Waals surface area contributed by atoms with E-state index in [9.17, 15) is 0 Å². The number of nitrogen functional groups attached to an aromatic ring is 1. The molecule has 0 spiro atoms. The van der Waals surface area contributed by atoms with E-state index >= 15 is 0 Å². The van der Waals surface area contributed by atoms with Gasteiger partial charge in [0.15, 0.2) is 0 Å². The van der Waals surface area contributed by atoms with Crippen molar-refractivity contribution in [3.63, 3.8) is 0 Å². The number of anilines is 2. The molecule has 0 bridgehead atoms. The lowest BCUT2D eigenvalue weighted by atomic mass is 10.2. The molecule has 2 rings (SSSR count). The van der Waals surface area contributed by atoms with Crippen LogP contribution in [0, 0.1) is 0 Å². The highest BCUT2D eigenvalue weighted by Crippen LogP contribution is 2.21. The van der Waals surface area contributed by atoms with Crippen molar-refractivity contribution < 1.29 is 0 Å². The number of pyridine rings is 1. The maximum Gasteiger partial charge on any atom is 0.141 e. The van der Waals surface area contributed by atoms with E-state index in [1.807, 2.05) is 23.9 Å². The third kappa shape index (κ3) is 2.30. The molecule has 2 heterocycles. The third-order valence-corrected chi connectivity index (χ3v) is 3.37.